The van der Waals surface area contributed by atoms with Crippen molar-refractivity contribution in [2.45, 2.75) is 44.7 Å². The molecule has 1 aliphatic heterocycles. The third kappa shape index (κ3) is 4.76. The van der Waals surface area contributed by atoms with E-state index in [4.69, 9.17) is 5.11 Å². The van der Waals surface area contributed by atoms with Gasteiger partial charge in [0.05, 0.1) is 6.42 Å². The van der Waals surface area contributed by atoms with Gasteiger partial charge in [0.25, 0.3) is 0 Å². The summed E-state index contributed by atoms with van der Waals surface area (Å²) in [4.78, 5) is 35.6. The van der Waals surface area contributed by atoms with E-state index >= 15 is 0 Å². The number of nitrogens with one attached hydrogen (secondary N) is 2. The maximum atomic E-state index is 11.7. The predicted molar refractivity (Wildman–Crippen MR) is 68.7 cm³/mol. The summed E-state index contributed by atoms with van der Waals surface area (Å²) in [6.45, 7) is 2.54. The summed E-state index contributed by atoms with van der Waals surface area (Å²) in [5, 5.41) is 13.9. The highest BCUT2D eigenvalue weighted by molar-refractivity contribution is 5.88. The highest BCUT2D eigenvalue weighted by Crippen LogP contribution is 2.08. The van der Waals surface area contributed by atoms with E-state index in [-0.39, 0.29) is 12.3 Å². The Morgan fingerprint density at radius 3 is 2.68 bits per heavy atom. The highest BCUT2D eigenvalue weighted by Gasteiger charge is 2.30. The van der Waals surface area contributed by atoms with Gasteiger partial charge in [-0.1, -0.05) is 13.3 Å². The number of nitrogens with zero attached hydrogens (tertiary/aromatic N) is 1. The van der Waals surface area contributed by atoms with Crippen molar-refractivity contribution in [3.8, 4) is 0 Å². The van der Waals surface area contributed by atoms with Gasteiger partial charge in [0.2, 0.25) is 5.91 Å². The summed E-state index contributed by atoms with van der Waals surface area (Å²) in [5.74, 6) is -1.06. The number of hydrogen-bond donors (Lipinski definition) is 3. The zero-order valence-electron chi connectivity index (χ0n) is 11.3. The van der Waals surface area contributed by atoms with Crippen LogP contribution in [0.4, 0.5) is 4.79 Å². The number of carboxylic acids is 1. The maximum absolute atomic E-state index is 11.7. The molecule has 0 saturated carbocycles. The van der Waals surface area contributed by atoms with Crippen LogP contribution in [0, 0.1) is 0 Å². The van der Waals surface area contributed by atoms with Gasteiger partial charge in [-0.3, -0.25) is 9.59 Å². The minimum absolute atomic E-state index is 0.111. The average Bonchev–Trinajstić information content (AvgIpc) is 2.60. The molecule has 0 bridgehead atoms. The lowest BCUT2D eigenvalue weighted by Gasteiger charge is -2.18. The maximum Gasteiger partial charge on any atom is 0.315 e. The van der Waals surface area contributed by atoms with Crippen LogP contribution in [0.2, 0.25) is 0 Å². The number of carbonyl (C=O) groups excluding carboxylic acids is 2. The smallest absolute Gasteiger partial charge is 0.315 e. The molecule has 0 aromatic carbocycles. The summed E-state index contributed by atoms with van der Waals surface area (Å²) in [6, 6.07) is -1.39. The van der Waals surface area contributed by atoms with Gasteiger partial charge >= 0.3 is 12.0 Å². The molecule has 108 valence electrons. The molecule has 1 aliphatic rings. The van der Waals surface area contributed by atoms with Crippen LogP contribution in [-0.2, 0) is 9.59 Å². The molecule has 0 spiro atoms. The Morgan fingerprint density at radius 2 is 2.21 bits per heavy atom. The van der Waals surface area contributed by atoms with Crippen molar-refractivity contribution < 1.29 is 19.5 Å². The molecule has 2 atom stereocenters. The number of carboxylic acid groups (broad SMARTS) is 1. The second-order valence-electron chi connectivity index (χ2n) is 4.80. The summed E-state index contributed by atoms with van der Waals surface area (Å²) in [7, 11) is 1.69. The fourth-order valence-electron chi connectivity index (χ4n) is 2.13. The van der Waals surface area contributed by atoms with Gasteiger partial charge in [-0.15, -0.1) is 0 Å². The van der Waals surface area contributed by atoms with Crippen molar-refractivity contribution in [2.75, 3.05) is 13.6 Å². The number of rotatable bonds is 6. The van der Waals surface area contributed by atoms with Gasteiger partial charge in [0, 0.05) is 19.6 Å². The first-order valence-corrected chi connectivity index (χ1v) is 6.47. The van der Waals surface area contributed by atoms with Crippen LogP contribution in [0.25, 0.3) is 0 Å². The number of likely N-dealkylation sites (N-methyl/N-ethyl adjacent to an activating group) is 1. The van der Waals surface area contributed by atoms with Crippen LogP contribution in [0.5, 0.6) is 0 Å². The van der Waals surface area contributed by atoms with Crippen LogP contribution in [0.1, 0.15) is 32.6 Å². The number of hydrogen-bond acceptors (Lipinski definition) is 3. The second kappa shape index (κ2) is 6.96. The monoisotopic (exact) mass is 271 g/mol. The summed E-state index contributed by atoms with van der Waals surface area (Å²) in [6.07, 6.45) is 1.85. The quantitative estimate of drug-likeness (QED) is 0.641. The normalized spacial score (nSPS) is 20.2. The lowest BCUT2D eigenvalue weighted by Crippen LogP contribution is -2.49. The predicted octanol–water partition coefficient (Wildman–Crippen LogP) is 0.160. The van der Waals surface area contributed by atoms with E-state index in [1.807, 2.05) is 6.92 Å². The first-order valence-electron chi connectivity index (χ1n) is 6.47. The molecule has 0 aromatic rings. The van der Waals surface area contributed by atoms with E-state index in [0.717, 1.165) is 6.42 Å². The molecule has 1 heterocycles. The molecule has 3 N–H and O–H groups in total. The van der Waals surface area contributed by atoms with Crippen LogP contribution < -0.4 is 10.6 Å². The average molecular weight is 271 g/mol. The molecule has 2 unspecified atom stereocenters. The fourth-order valence-corrected chi connectivity index (χ4v) is 2.13. The van der Waals surface area contributed by atoms with Crippen molar-refractivity contribution in [2.24, 2.45) is 0 Å². The molecular weight excluding hydrogens is 250 g/mol. The van der Waals surface area contributed by atoms with Crippen LogP contribution in [0.15, 0.2) is 0 Å². The molecule has 7 nitrogen and oxygen atoms in total. The van der Waals surface area contributed by atoms with E-state index in [2.05, 4.69) is 10.6 Å². The molecule has 7 heteroatoms. The van der Waals surface area contributed by atoms with Crippen molar-refractivity contribution in [3.05, 3.63) is 0 Å². The van der Waals surface area contributed by atoms with Crippen molar-refractivity contribution in [1.82, 2.24) is 15.5 Å². The second-order valence-corrected chi connectivity index (χ2v) is 4.80. The van der Waals surface area contributed by atoms with Crippen LogP contribution in [-0.4, -0.2) is 53.6 Å². The third-order valence-corrected chi connectivity index (χ3v) is 3.13. The van der Waals surface area contributed by atoms with Gasteiger partial charge in [-0.2, -0.15) is 0 Å². The summed E-state index contributed by atoms with van der Waals surface area (Å²) < 4.78 is 0. The van der Waals surface area contributed by atoms with Crippen molar-refractivity contribution in [1.29, 1.82) is 0 Å². The standard InChI is InChI=1S/C12H21N3O4/c1-3-4-8(7-10(16)17)13-12(19)14-9-5-6-15(2)11(9)18/h8-9H,3-7H2,1-2H3,(H,16,17)(H2,13,14,19). The largest absolute Gasteiger partial charge is 0.481 e. The number of aliphatic carboxylic acids is 1. The minimum Gasteiger partial charge on any atom is -0.481 e. The molecule has 0 radical (unpaired) electrons. The first kappa shape index (κ1) is 15.3. The molecule has 3 amide bonds. The number of carbonyl (C=O) groups is 3. The highest BCUT2D eigenvalue weighted by atomic mass is 16.4. The Hall–Kier alpha value is -1.79. The van der Waals surface area contributed by atoms with E-state index in [0.29, 0.717) is 19.4 Å². The van der Waals surface area contributed by atoms with E-state index in [1.54, 1.807) is 11.9 Å². The zero-order chi connectivity index (χ0) is 14.4. The van der Waals surface area contributed by atoms with Gasteiger partial charge in [0.1, 0.15) is 6.04 Å². The van der Waals surface area contributed by atoms with Crippen molar-refractivity contribution >= 4 is 17.9 Å². The van der Waals surface area contributed by atoms with Gasteiger partial charge in [-0.05, 0) is 12.8 Å². The van der Waals surface area contributed by atoms with Crippen LogP contribution >= 0.6 is 0 Å². The first-order chi connectivity index (χ1) is 8.93. The molecule has 0 aromatic heterocycles. The Labute approximate surface area is 112 Å². The summed E-state index contributed by atoms with van der Waals surface area (Å²) in [5.41, 5.74) is 0. The molecule has 1 fully saturated rings. The van der Waals surface area contributed by atoms with Gasteiger partial charge in [-0.25, -0.2) is 4.79 Å². The molecule has 0 aliphatic carbocycles. The molecule has 1 saturated heterocycles. The Kier molecular flexibility index (Phi) is 5.59. The van der Waals surface area contributed by atoms with Crippen molar-refractivity contribution in [3.63, 3.8) is 0 Å². The van der Waals surface area contributed by atoms with E-state index < -0.39 is 24.1 Å². The van der Waals surface area contributed by atoms with Gasteiger partial charge < -0.3 is 20.6 Å². The van der Waals surface area contributed by atoms with Gasteiger partial charge in [0.15, 0.2) is 0 Å². The molecular formula is C12H21N3O4. The summed E-state index contributed by atoms with van der Waals surface area (Å²) >= 11 is 0. The Bertz CT molecular complexity index is 359. The Balaban J connectivity index is 2.44. The molecule has 19 heavy (non-hydrogen) atoms. The minimum atomic E-state index is -0.949. The number of likely N-dealkylation sites (tertiary alicyclic amines) is 1. The van der Waals surface area contributed by atoms with E-state index in [1.165, 1.54) is 0 Å². The topological polar surface area (TPSA) is 98.7 Å². The number of urea groups is 1. The van der Waals surface area contributed by atoms with E-state index in [9.17, 15) is 14.4 Å². The third-order valence-electron chi connectivity index (χ3n) is 3.13. The fraction of sp³-hybridized carbons (Fsp3) is 0.750. The lowest BCUT2D eigenvalue weighted by molar-refractivity contribution is -0.137. The lowest BCUT2D eigenvalue weighted by atomic mass is 10.1. The Morgan fingerprint density at radius 1 is 1.53 bits per heavy atom. The molecule has 1 rings (SSSR count). The number of amides is 3. The zero-order valence-corrected chi connectivity index (χ0v) is 11.3. The van der Waals surface area contributed by atoms with Crippen LogP contribution in [0.3, 0.4) is 0 Å². The SMILES string of the molecule is CCCC(CC(=O)O)NC(=O)NC1CCN(C)C1=O.